The van der Waals surface area contributed by atoms with Gasteiger partial charge in [0.05, 0.1) is 11.2 Å². The summed E-state index contributed by atoms with van der Waals surface area (Å²) in [6.07, 6.45) is 1.75. The first-order valence-corrected chi connectivity index (χ1v) is 4.64. The van der Waals surface area contributed by atoms with Gasteiger partial charge in [0.2, 0.25) is 5.91 Å². The van der Waals surface area contributed by atoms with E-state index in [1.807, 2.05) is 6.92 Å². The van der Waals surface area contributed by atoms with E-state index < -0.39 is 5.25 Å². The van der Waals surface area contributed by atoms with Crippen molar-refractivity contribution in [1.82, 2.24) is 4.90 Å². The van der Waals surface area contributed by atoms with Crippen molar-refractivity contribution in [2.24, 2.45) is 5.92 Å². The zero-order valence-corrected chi connectivity index (χ0v) is 7.96. The first-order valence-electron chi connectivity index (χ1n) is 4.12. The molecule has 1 heterocycles. The molecule has 1 fully saturated rings. The van der Waals surface area contributed by atoms with Crippen molar-refractivity contribution in [2.75, 3.05) is 13.1 Å². The van der Waals surface area contributed by atoms with E-state index in [2.05, 4.69) is 12.6 Å². The molecule has 1 rings (SSSR count). The summed E-state index contributed by atoms with van der Waals surface area (Å²) >= 11 is 4.09. The summed E-state index contributed by atoms with van der Waals surface area (Å²) in [5, 5.41) is -0.408. The molecular weight excluding hydrogens is 174 g/mol. The molecule has 1 amide bonds. The van der Waals surface area contributed by atoms with E-state index >= 15 is 0 Å². The number of thiol groups is 1. The fraction of sp³-hybridized carbons (Fsp3) is 0.750. The predicted octanol–water partition coefficient (Wildman–Crippen LogP) is 0.352. The van der Waals surface area contributed by atoms with Crippen LogP contribution < -0.4 is 0 Å². The Bertz CT molecular complexity index is 195. The van der Waals surface area contributed by atoms with Crippen LogP contribution in [0.4, 0.5) is 0 Å². The third kappa shape index (κ3) is 1.63. The molecule has 12 heavy (non-hydrogen) atoms. The van der Waals surface area contributed by atoms with Crippen molar-refractivity contribution < 1.29 is 9.59 Å². The van der Waals surface area contributed by atoms with Crippen molar-refractivity contribution in [3.05, 3.63) is 0 Å². The monoisotopic (exact) mass is 187 g/mol. The van der Waals surface area contributed by atoms with Crippen LogP contribution in [-0.4, -0.2) is 35.4 Å². The molecule has 0 aromatic carbocycles. The smallest absolute Gasteiger partial charge is 0.236 e. The molecular formula is C8H13NO2S. The van der Waals surface area contributed by atoms with Gasteiger partial charge in [0.15, 0.2) is 0 Å². The van der Waals surface area contributed by atoms with Gasteiger partial charge in [-0.1, -0.05) is 6.92 Å². The Morgan fingerprint density at radius 3 is 2.83 bits per heavy atom. The Morgan fingerprint density at radius 2 is 2.42 bits per heavy atom. The van der Waals surface area contributed by atoms with E-state index in [0.717, 1.165) is 19.3 Å². The molecule has 0 bridgehead atoms. The van der Waals surface area contributed by atoms with Gasteiger partial charge in [0, 0.05) is 13.1 Å². The van der Waals surface area contributed by atoms with Gasteiger partial charge in [-0.25, -0.2) is 0 Å². The van der Waals surface area contributed by atoms with E-state index in [1.54, 1.807) is 4.90 Å². The Balaban J connectivity index is 2.60. The van der Waals surface area contributed by atoms with Crippen LogP contribution in [0.5, 0.6) is 0 Å². The number of hydrogen-bond donors (Lipinski definition) is 1. The minimum Gasteiger partial charge on any atom is -0.341 e. The van der Waals surface area contributed by atoms with Crippen LogP contribution in [0.3, 0.4) is 0 Å². The van der Waals surface area contributed by atoms with Gasteiger partial charge in [-0.05, 0) is 6.42 Å². The normalized spacial score (nSPS) is 29.5. The van der Waals surface area contributed by atoms with Gasteiger partial charge in [0.25, 0.3) is 0 Å². The molecule has 0 spiro atoms. The second kappa shape index (κ2) is 3.94. The van der Waals surface area contributed by atoms with E-state index in [4.69, 9.17) is 0 Å². The third-order valence-electron chi connectivity index (χ3n) is 2.07. The highest BCUT2D eigenvalue weighted by Crippen LogP contribution is 2.21. The average Bonchev–Trinajstić information content (AvgIpc) is 2.33. The van der Waals surface area contributed by atoms with Crippen LogP contribution in [0.2, 0.25) is 0 Å². The molecule has 2 unspecified atom stereocenters. The number of aldehydes is 1. The van der Waals surface area contributed by atoms with E-state index in [1.165, 1.54) is 0 Å². The summed E-state index contributed by atoms with van der Waals surface area (Å²) in [4.78, 5) is 23.5. The highest BCUT2D eigenvalue weighted by molar-refractivity contribution is 7.81. The number of amides is 1. The van der Waals surface area contributed by atoms with Crippen LogP contribution in [0.25, 0.3) is 0 Å². The van der Waals surface area contributed by atoms with Gasteiger partial charge < -0.3 is 9.69 Å². The van der Waals surface area contributed by atoms with E-state index in [9.17, 15) is 9.59 Å². The Kier molecular flexibility index (Phi) is 3.14. The lowest BCUT2D eigenvalue weighted by Gasteiger charge is -2.13. The molecule has 4 heteroatoms. The number of carbonyl (C=O) groups is 2. The number of nitrogens with zero attached hydrogens (tertiary/aromatic N) is 1. The fourth-order valence-corrected chi connectivity index (χ4v) is 1.73. The summed E-state index contributed by atoms with van der Waals surface area (Å²) in [7, 11) is 0. The maximum atomic E-state index is 11.4. The SMILES string of the molecule is CCCN1CC(C=O)C(S)C1=O. The molecule has 1 aliphatic heterocycles. The predicted molar refractivity (Wildman–Crippen MR) is 49.2 cm³/mol. The molecule has 0 N–H and O–H groups in total. The fourth-order valence-electron chi connectivity index (χ4n) is 1.40. The highest BCUT2D eigenvalue weighted by atomic mass is 32.1. The molecule has 0 aromatic rings. The van der Waals surface area contributed by atoms with Crippen LogP contribution in [0, 0.1) is 5.92 Å². The second-order valence-corrected chi connectivity index (χ2v) is 3.59. The first kappa shape index (κ1) is 9.58. The summed E-state index contributed by atoms with van der Waals surface area (Å²) in [5.74, 6) is -0.218. The maximum Gasteiger partial charge on any atom is 0.236 e. The Hall–Kier alpha value is -0.510. The van der Waals surface area contributed by atoms with Crippen molar-refractivity contribution in [1.29, 1.82) is 0 Å². The molecule has 1 saturated heterocycles. The maximum absolute atomic E-state index is 11.4. The summed E-state index contributed by atoms with van der Waals surface area (Å²) in [6, 6.07) is 0. The number of rotatable bonds is 3. The quantitative estimate of drug-likeness (QED) is 0.511. The van der Waals surface area contributed by atoms with Crippen LogP contribution in [-0.2, 0) is 9.59 Å². The van der Waals surface area contributed by atoms with Crippen LogP contribution in [0.15, 0.2) is 0 Å². The van der Waals surface area contributed by atoms with Crippen molar-refractivity contribution in [3.63, 3.8) is 0 Å². The second-order valence-electron chi connectivity index (χ2n) is 3.03. The first-order chi connectivity index (χ1) is 5.70. The van der Waals surface area contributed by atoms with E-state index in [-0.39, 0.29) is 11.8 Å². The lowest BCUT2D eigenvalue weighted by molar-refractivity contribution is -0.127. The third-order valence-corrected chi connectivity index (χ3v) is 2.67. The molecule has 2 atom stereocenters. The Morgan fingerprint density at radius 1 is 1.75 bits per heavy atom. The Labute approximate surface area is 77.5 Å². The molecule has 68 valence electrons. The zero-order chi connectivity index (χ0) is 9.14. The van der Waals surface area contributed by atoms with E-state index in [0.29, 0.717) is 6.54 Å². The van der Waals surface area contributed by atoms with Crippen molar-refractivity contribution in [3.8, 4) is 0 Å². The standard InChI is InChI=1S/C8H13NO2S/c1-2-3-9-4-6(5-10)7(12)8(9)11/h5-7,12H,2-4H2,1H3. The molecule has 1 aliphatic rings. The summed E-state index contributed by atoms with van der Waals surface area (Å²) < 4.78 is 0. The van der Waals surface area contributed by atoms with Gasteiger partial charge >= 0.3 is 0 Å². The molecule has 0 aromatic heterocycles. The molecule has 0 saturated carbocycles. The largest absolute Gasteiger partial charge is 0.341 e. The molecule has 3 nitrogen and oxygen atoms in total. The highest BCUT2D eigenvalue weighted by Gasteiger charge is 2.37. The summed E-state index contributed by atoms with van der Waals surface area (Å²) in [5.41, 5.74) is 0. The van der Waals surface area contributed by atoms with Gasteiger partial charge in [-0.15, -0.1) is 0 Å². The number of hydrogen-bond acceptors (Lipinski definition) is 3. The van der Waals surface area contributed by atoms with Crippen molar-refractivity contribution in [2.45, 2.75) is 18.6 Å². The van der Waals surface area contributed by atoms with Gasteiger partial charge in [-0.2, -0.15) is 12.6 Å². The van der Waals surface area contributed by atoms with Crippen molar-refractivity contribution >= 4 is 24.8 Å². The molecule has 0 aliphatic carbocycles. The minimum atomic E-state index is -0.408. The topological polar surface area (TPSA) is 37.4 Å². The zero-order valence-electron chi connectivity index (χ0n) is 7.06. The molecule has 0 radical (unpaired) electrons. The van der Waals surface area contributed by atoms with Gasteiger partial charge in [-0.3, -0.25) is 4.79 Å². The summed E-state index contributed by atoms with van der Waals surface area (Å²) in [6.45, 7) is 3.29. The number of likely N-dealkylation sites (tertiary alicyclic amines) is 1. The minimum absolute atomic E-state index is 0.00252. The number of carbonyl (C=O) groups excluding carboxylic acids is 2. The lowest BCUT2D eigenvalue weighted by atomic mass is 10.1. The van der Waals surface area contributed by atoms with Crippen LogP contribution in [0.1, 0.15) is 13.3 Å². The lowest BCUT2D eigenvalue weighted by Crippen LogP contribution is -2.28. The van der Waals surface area contributed by atoms with Gasteiger partial charge in [0.1, 0.15) is 6.29 Å². The van der Waals surface area contributed by atoms with Crippen LogP contribution >= 0.6 is 12.6 Å². The average molecular weight is 187 g/mol.